The normalized spacial score (nSPS) is 11.3. The molecule has 0 unspecified atom stereocenters. The lowest BCUT2D eigenvalue weighted by Gasteiger charge is -2.14. The van der Waals surface area contributed by atoms with Gasteiger partial charge in [0.1, 0.15) is 17.4 Å². The zero-order valence-corrected chi connectivity index (χ0v) is 16.5. The van der Waals surface area contributed by atoms with Gasteiger partial charge in [-0.1, -0.05) is 51.1 Å². The number of aromatic nitrogens is 2. The van der Waals surface area contributed by atoms with E-state index < -0.39 is 11.7 Å². The van der Waals surface area contributed by atoms with Gasteiger partial charge >= 0.3 is 0 Å². The lowest BCUT2D eigenvalue weighted by Crippen LogP contribution is -2.17. The molecule has 0 aliphatic carbocycles. The SMILES string of the molecule is COc1ccc(F)cc1C(=O)Nc1cc(C(C)(C)C)nn1Cc1ccccc1. The molecule has 0 radical (unpaired) electrons. The summed E-state index contributed by atoms with van der Waals surface area (Å²) in [5.74, 6) is -0.0979. The first-order chi connectivity index (χ1) is 13.3. The molecule has 1 amide bonds. The Morgan fingerprint density at radius 1 is 1.14 bits per heavy atom. The molecular formula is C22H24FN3O2. The number of anilines is 1. The van der Waals surface area contributed by atoms with E-state index in [2.05, 4.69) is 31.2 Å². The zero-order valence-electron chi connectivity index (χ0n) is 16.5. The van der Waals surface area contributed by atoms with Crippen LogP contribution in [0, 0.1) is 5.82 Å². The van der Waals surface area contributed by atoms with Crippen molar-refractivity contribution in [3.05, 3.63) is 77.2 Å². The summed E-state index contributed by atoms with van der Waals surface area (Å²) in [6.45, 7) is 6.68. The van der Waals surface area contributed by atoms with Crippen LogP contribution < -0.4 is 10.1 Å². The Kier molecular flexibility index (Phi) is 5.49. The van der Waals surface area contributed by atoms with Crippen LogP contribution in [0.3, 0.4) is 0 Å². The number of hydrogen-bond acceptors (Lipinski definition) is 3. The molecule has 3 rings (SSSR count). The molecule has 2 aromatic carbocycles. The molecule has 6 heteroatoms. The predicted octanol–water partition coefficient (Wildman–Crippen LogP) is 4.63. The summed E-state index contributed by atoms with van der Waals surface area (Å²) in [5.41, 5.74) is 1.86. The van der Waals surface area contributed by atoms with Gasteiger partial charge in [0.2, 0.25) is 0 Å². The number of ether oxygens (including phenoxy) is 1. The first kappa shape index (κ1) is 19.6. The van der Waals surface area contributed by atoms with Crippen molar-refractivity contribution in [3.8, 4) is 5.75 Å². The molecule has 1 heterocycles. The number of nitrogens with one attached hydrogen (secondary N) is 1. The number of amides is 1. The van der Waals surface area contributed by atoms with E-state index in [4.69, 9.17) is 4.74 Å². The second-order valence-corrected chi connectivity index (χ2v) is 7.61. The average molecular weight is 381 g/mol. The van der Waals surface area contributed by atoms with Gasteiger partial charge in [-0.05, 0) is 23.8 Å². The van der Waals surface area contributed by atoms with Gasteiger partial charge in [-0.2, -0.15) is 5.10 Å². The van der Waals surface area contributed by atoms with Gasteiger partial charge in [-0.3, -0.25) is 4.79 Å². The Balaban J connectivity index is 1.95. The van der Waals surface area contributed by atoms with Crippen molar-refractivity contribution < 1.29 is 13.9 Å². The molecule has 0 fully saturated rings. The molecular weight excluding hydrogens is 357 g/mol. The molecule has 0 spiro atoms. The molecule has 0 bridgehead atoms. The van der Waals surface area contributed by atoms with Gasteiger partial charge in [0.15, 0.2) is 0 Å². The van der Waals surface area contributed by atoms with Crippen LogP contribution in [0.15, 0.2) is 54.6 Å². The molecule has 146 valence electrons. The van der Waals surface area contributed by atoms with Crippen LogP contribution in [-0.2, 0) is 12.0 Å². The Morgan fingerprint density at radius 2 is 1.86 bits per heavy atom. The maximum Gasteiger partial charge on any atom is 0.260 e. The Hall–Kier alpha value is -3.15. The smallest absolute Gasteiger partial charge is 0.260 e. The van der Waals surface area contributed by atoms with Crippen LogP contribution in [-0.4, -0.2) is 22.8 Å². The fourth-order valence-corrected chi connectivity index (χ4v) is 2.80. The van der Waals surface area contributed by atoms with E-state index in [0.29, 0.717) is 18.1 Å². The second kappa shape index (κ2) is 7.84. The van der Waals surface area contributed by atoms with Crippen LogP contribution in [0.25, 0.3) is 0 Å². The van der Waals surface area contributed by atoms with Crippen LogP contribution >= 0.6 is 0 Å². The van der Waals surface area contributed by atoms with E-state index in [1.54, 1.807) is 4.68 Å². The summed E-state index contributed by atoms with van der Waals surface area (Å²) in [7, 11) is 1.45. The summed E-state index contributed by atoms with van der Waals surface area (Å²) in [4.78, 5) is 12.8. The van der Waals surface area contributed by atoms with Crippen molar-refractivity contribution in [3.63, 3.8) is 0 Å². The number of halogens is 1. The highest BCUT2D eigenvalue weighted by atomic mass is 19.1. The summed E-state index contributed by atoms with van der Waals surface area (Å²) in [6, 6.07) is 15.6. The van der Waals surface area contributed by atoms with E-state index in [0.717, 1.165) is 17.3 Å². The molecule has 0 aliphatic heterocycles. The largest absolute Gasteiger partial charge is 0.496 e. The Labute approximate surface area is 164 Å². The van der Waals surface area contributed by atoms with Crippen molar-refractivity contribution in [1.29, 1.82) is 0 Å². The zero-order chi connectivity index (χ0) is 20.3. The third-order valence-electron chi connectivity index (χ3n) is 4.37. The van der Waals surface area contributed by atoms with E-state index >= 15 is 0 Å². The highest BCUT2D eigenvalue weighted by Crippen LogP contribution is 2.26. The third-order valence-corrected chi connectivity index (χ3v) is 4.37. The monoisotopic (exact) mass is 381 g/mol. The van der Waals surface area contributed by atoms with Gasteiger partial charge in [0.05, 0.1) is 24.9 Å². The van der Waals surface area contributed by atoms with Gasteiger partial charge < -0.3 is 10.1 Å². The molecule has 1 aromatic heterocycles. The standard InChI is InChI=1S/C22H24FN3O2/c1-22(2,3)19-13-20(26(25-19)14-15-8-6-5-7-9-15)24-21(27)17-12-16(23)10-11-18(17)28-4/h5-13H,14H2,1-4H3,(H,24,27). The van der Waals surface area contributed by atoms with Crippen molar-refractivity contribution in [2.75, 3.05) is 12.4 Å². The molecule has 5 nitrogen and oxygen atoms in total. The van der Waals surface area contributed by atoms with Gasteiger partial charge in [-0.25, -0.2) is 9.07 Å². The quantitative estimate of drug-likeness (QED) is 0.701. The lowest BCUT2D eigenvalue weighted by molar-refractivity contribution is 0.102. The first-order valence-electron chi connectivity index (χ1n) is 9.05. The predicted molar refractivity (Wildman–Crippen MR) is 107 cm³/mol. The van der Waals surface area contributed by atoms with Crippen LogP contribution in [0.5, 0.6) is 5.75 Å². The highest BCUT2D eigenvalue weighted by Gasteiger charge is 2.22. The average Bonchev–Trinajstić information content (AvgIpc) is 3.05. The summed E-state index contributed by atoms with van der Waals surface area (Å²) < 4.78 is 20.6. The minimum Gasteiger partial charge on any atom is -0.496 e. The van der Waals surface area contributed by atoms with Crippen LogP contribution in [0.1, 0.15) is 42.4 Å². The number of rotatable bonds is 5. The highest BCUT2D eigenvalue weighted by molar-refractivity contribution is 6.05. The number of hydrogen-bond donors (Lipinski definition) is 1. The van der Waals surface area contributed by atoms with Crippen molar-refractivity contribution in [2.24, 2.45) is 0 Å². The van der Waals surface area contributed by atoms with E-state index in [1.807, 2.05) is 36.4 Å². The van der Waals surface area contributed by atoms with Crippen molar-refractivity contribution in [2.45, 2.75) is 32.7 Å². The maximum atomic E-state index is 13.7. The van der Waals surface area contributed by atoms with Gasteiger partial charge in [0.25, 0.3) is 5.91 Å². The maximum absolute atomic E-state index is 13.7. The summed E-state index contributed by atoms with van der Waals surface area (Å²) in [5, 5.41) is 7.54. The molecule has 28 heavy (non-hydrogen) atoms. The van der Waals surface area contributed by atoms with E-state index in [9.17, 15) is 9.18 Å². The molecule has 0 aliphatic rings. The number of benzene rings is 2. The number of carbonyl (C=O) groups is 1. The molecule has 0 atom stereocenters. The topological polar surface area (TPSA) is 56.1 Å². The minimum atomic E-state index is -0.501. The van der Waals surface area contributed by atoms with Crippen molar-refractivity contribution in [1.82, 2.24) is 9.78 Å². The lowest BCUT2D eigenvalue weighted by atomic mass is 9.92. The molecule has 3 aromatic rings. The van der Waals surface area contributed by atoms with Gasteiger partial charge in [0, 0.05) is 11.5 Å². The fraction of sp³-hybridized carbons (Fsp3) is 0.273. The van der Waals surface area contributed by atoms with E-state index in [1.165, 1.54) is 19.2 Å². The Bertz CT molecular complexity index is 975. The number of carbonyl (C=O) groups excluding carboxylic acids is 1. The first-order valence-corrected chi connectivity index (χ1v) is 9.05. The van der Waals surface area contributed by atoms with E-state index in [-0.39, 0.29) is 11.0 Å². The second-order valence-electron chi connectivity index (χ2n) is 7.61. The van der Waals surface area contributed by atoms with Crippen LogP contribution in [0.2, 0.25) is 0 Å². The Morgan fingerprint density at radius 3 is 2.50 bits per heavy atom. The summed E-state index contributed by atoms with van der Waals surface area (Å²) in [6.07, 6.45) is 0. The fourth-order valence-electron chi connectivity index (χ4n) is 2.80. The molecule has 1 N–H and O–H groups in total. The van der Waals surface area contributed by atoms with Gasteiger partial charge in [-0.15, -0.1) is 0 Å². The summed E-state index contributed by atoms with van der Waals surface area (Å²) >= 11 is 0. The molecule has 0 saturated heterocycles. The third kappa shape index (κ3) is 4.39. The number of nitrogens with zero attached hydrogens (tertiary/aromatic N) is 2. The molecule has 0 saturated carbocycles. The van der Waals surface area contributed by atoms with Crippen LogP contribution in [0.4, 0.5) is 10.2 Å². The number of methoxy groups -OCH3 is 1. The van der Waals surface area contributed by atoms with Crippen molar-refractivity contribution >= 4 is 11.7 Å². The minimum absolute atomic E-state index is 0.132.